The molecule has 0 amide bonds. The molecule has 100 valence electrons. The van der Waals surface area contributed by atoms with E-state index in [1.807, 2.05) is 26.2 Å². The third-order valence-electron chi connectivity index (χ3n) is 3.32. The maximum absolute atomic E-state index is 9.19. The zero-order valence-corrected chi connectivity index (χ0v) is 11.3. The highest BCUT2D eigenvalue weighted by Crippen LogP contribution is 2.36. The maximum Gasteiger partial charge on any atom is 0.161 e. The molecule has 1 aromatic rings. The average molecular weight is 251 g/mol. The van der Waals surface area contributed by atoms with Gasteiger partial charge in [-0.1, -0.05) is 0 Å². The summed E-state index contributed by atoms with van der Waals surface area (Å²) >= 11 is 0. The minimum Gasteiger partial charge on any atom is -0.486 e. The molecule has 1 aliphatic heterocycles. The molecule has 1 heterocycles. The van der Waals surface area contributed by atoms with E-state index in [1.165, 1.54) is 11.1 Å². The zero-order valence-electron chi connectivity index (χ0n) is 11.3. The van der Waals surface area contributed by atoms with Crippen molar-refractivity contribution in [2.75, 3.05) is 33.9 Å². The predicted molar refractivity (Wildman–Crippen MR) is 70.3 cm³/mol. The summed E-state index contributed by atoms with van der Waals surface area (Å²) < 4.78 is 11.2. The Labute approximate surface area is 108 Å². The quantitative estimate of drug-likeness (QED) is 0.885. The van der Waals surface area contributed by atoms with Crippen LogP contribution in [0.3, 0.4) is 0 Å². The van der Waals surface area contributed by atoms with E-state index in [1.54, 1.807) is 0 Å². The number of rotatable bonds is 4. The summed E-state index contributed by atoms with van der Waals surface area (Å²) in [4.78, 5) is 2.12. The number of benzene rings is 1. The van der Waals surface area contributed by atoms with Gasteiger partial charge in [-0.05, 0) is 50.7 Å². The van der Waals surface area contributed by atoms with Crippen molar-refractivity contribution < 1.29 is 14.6 Å². The van der Waals surface area contributed by atoms with Gasteiger partial charge in [0.25, 0.3) is 0 Å². The van der Waals surface area contributed by atoms with Gasteiger partial charge in [-0.15, -0.1) is 0 Å². The van der Waals surface area contributed by atoms with Crippen molar-refractivity contribution in [2.24, 2.45) is 0 Å². The number of ether oxygens (including phenoxy) is 2. The number of hydrogen-bond donors (Lipinski definition) is 1. The van der Waals surface area contributed by atoms with Crippen molar-refractivity contribution >= 4 is 0 Å². The van der Waals surface area contributed by atoms with Crippen molar-refractivity contribution in [1.82, 2.24) is 4.90 Å². The fraction of sp³-hybridized carbons (Fsp3) is 0.571. The van der Waals surface area contributed by atoms with Crippen LogP contribution in [0.1, 0.15) is 23.6 Å². The SMILES string of the molecule is Cc1cc2c(cc1C(CCO)N(C)C)OCCO2. The molecule has 2 rings (SSSR count). The second kappa shape index (κ2) is 5.59. The Morgan fingerprint density at radius 3 is 2.39 bits per heavy atom. The molecule has 1 atom stereocenters. The summed E-state index contributed by atoms with van der Waals surface area (Å²) in [5, 5.41) is 9.19. The number of fused-ring (bicyclic) bond motifs is 1. The van der Waals surface area contributed by atoms with E-state index in [2.05, 4.69) is 11.8 Å². The molecule has 0 aliphatic carbocycles. The second-order valence-corrected chi connectivity index (χ2v) is 4.84. The summed E-state index contributed by atoms with van der Waals surface area (Å²) in [5.41, 5.74) is 2.37. The summed E-state index contributed by atoms with van der Waals surface area (Å²) in [6.07, 6.45) is 0.716. The molecule has 0 spiro atoms. The molecule has 4 heteroatoms. The van der Waals surface area contributed by atoms with Gasteiger partial charge in [-0.2, -0.15) is 0 Å². The second-order valence-electron chi connectivity index (χ2n) is 4.84. The smallest absolute Gasteiger partial charge is 0.161 e. The Bertz CT molecular complexity index is 418. The van der Waals surface area contributed by atoms with Crippen LogP contribution < -0.4 is 9.47 Å². The van der Waals surface area contributed by atoms with Gasteiger partial charge in [0.2, 0.25) is 0 Å². The van der Waals surface area contributed by atoms with Gasteiger partial charge < -0.3 is 19.5 Å². The summed E-state index contributed by atoms with van der Waals surface area (Å²) in [7, 11) is 4.05. The van der Waals surface area contributed by atoms with E-state index < -0.39 is 0 Å². The monoisotopic (exact) mass is 251 g/mol. The molecule has 0 radical (unpaired) electrons. The van der Waals surface area contributed by atoms with Crippen LogP contribution >= 0.6 is 0 Å². The van der Waals surface area contributed by atoms with Crippen LogP contribution in [0.4, 0.5) is 0 Å². The van der Waals surface area contributed by atoms with E-state index in [-0.39, 0.29) is 12.6 Å². The fourth-order valence-electron chi connectivity index (χ4n) is 2.38. The van der Waals surface area contributed by atoms with Crippen LogP contribution in [0.5, 0.6) is 11.5 Å². The van der Waals surface area contributed by atoms with Crippen LogP contribution in [-0.4, -0.2) is 43.9 Å². The van der Waals surface area contributed by atoms with Gasteiger partial charge in [0.1, 0.15) is 13.2 Å². The third kappa shape index (κ3) is 2.60. The first-order valence-electron chi connectivity index (χ1n) is 6.31. The largest absolute Gasteiger partial charge is 0.486 e. The van der Waals surface area contributed by atoms with E-state index in [0.717, 1.165) is 11.5 Å². The third-order valence-corrected chi connectivity index (χ3v) is 3.32. The number of aliphatic hydroxyl groups is 1. The lowest BCUT2D eigenvalue weighted by Crippen LogP contribution is -2.23. The Morgan fingerprint density at radius 1 is 1.22 bits per heavy atom. The van der Waals surface area contributed by atoms with E-state index >= 15 is 0 Å². The van der Waals surface area contributed by atoms with Crippen LogP contribution in [0.25, 0.3) is 0 Å². The molecule has 1 aliphatic rings. The summed E-state index contributed by atoms with van der Waals surface area (Å²) in [5.74, 6) is 1.63. The van der Waals surface area contributed by atoms with Crippen LogP contribution in [0, 0.1) is 6.92 Å². The van der Waals surface area contributed by atoms with Crippen LogP contribution in [0.2, 0.25) is 0 Å². The molecule has 1 N–H and O–H groups in total. The highest BCUT2D eigenvalue weighted by molar-refractivity contribution is 5.48. The topological polar surface area (TPSA) is 41.9 Å². The lowest BCUT2D eigenvalue weighted by molar-refractivity contribution is 0.169. The first-order chi connectivity index (χ1) is 8.63. The average Bonchev–Trinajstić information content (AvgIpc) is 2.35. The van der Waals surface area contributed by atoms with Crippen molar-refractivity contribution in [3.8, 4) is 11.5 Å². The van der Waals surface area contributed by atoms with E-state index in [9.17, 15) is 5.11 Å². The summed E-state index contributed by atoms with van der Waals surface area (Å²) in [6.45, 7) is 3.46. The van der Waals surface area contributed by atoms with Gasteiger partial charge in [-0.25, -0.2) is 0 Å². The van der Waals surface area contributed by atoms with Crippen molar-refractivity contribution in [2.45, 2.75) is 19.4 Å². The van der Waals surface area contributed by atoms with E-state index in [0.29, 0.717) is 19.6 Å². The first kappa shape index (κ1) is 13.2. The highest BCUT2D eigenvalue weighted by atomic mass is 16.6. The molecule has 0 fully saturated rings. The zero-order chi connectivity index (χ0) is 13.1. The number of aliphatic hydroxyl groups excluding tert-OH is 1. The predicted octanol–water partition coefficient (Wildman–Crippen LogP) is 1.75. The Hall–Kier alpha value is -1.26. The molecule has 0 bridgehead atoms. The molecule has 0 saturated heterocycles. The minimum absolute atomic E-state index is 0.177. The van der Waals surface area contributed by atoms with Gasteiger partial charge in [0.05, 0.1) is 0 Å². The Kier molecular flexibility index (Phi) is 4.09. The van der Waals surface area contributed by atoms with Crippen LogP contribution in [-0.2, 0) is 0 Å². The van der Waals surface area contributed by atoms with Gasteiger partial charge >= 0.3 is 0 Å². The minimum atomic E-state index is 0.177. The fourth-order valence-corrected chi connectivity index (χ4v) is 2.38. The maximum atomic E-state index is 9.19. The molecular formula is C14H21NO3. The van der Waals surface area contributed by atoms with Gasteiger partial charge in [0, 0.05) is 12.6 Å². The van der Waals surface area contributed by atoms with Crippen LogP contribution in [0.15, 0.2) is 12.1 Å². The first-order valence-corrected chi connectivity index (χ1v) is 6.31. The number of hydrogen-bond acceptors (Lipinski definition) is 4. The molecule has 1 unspecified atom stereocenters. The van der Waals surface area contributed by atoms with Crippen molar-refractivity contribution in [3.05, 3.63) is 23.3 Å². The summed E-state index contributed by atoms with van der Waals surface area (Å²) in [6, 6.07) is 4.27. The highest BCUT2D eigenvalue weighted by Gasteiger charge is 2.20. The molecule has 4 nitrogen and oxygen atoms in total. The van der Waals surface area contributed by atoms with Gasteiger partial charge in [-0.3, -0.25) is 0 Å². The Morgan fingerprint density at radius 2 is 1.83 bits per heavy atom. The lowest BCUT2D eigenvalue weighted by Gasteiger charge is -2.28. The lowest BCUT2D eigenvalue weighted by atomic mass is 9.97. The molecule has 1 aromatic carbocycles. The van der Waals surface area contributed by atoms with Crippen molar-refractivity contribution in [1.29, 1.82) is 0 Å². The number of aryl methyl sites for hydroxylation is 1. The normalized spacial score (nSPS) is 15.8. The molecule has 0 saturated carbocycles. The van der Waals surface area contributed by atoms with Gasteiger partial charge in [0.15, 0.2) is 11.5 Å². The standard InChI is InChI=1S/C14H21NO3/c1-10-8-13-14(18-7-6-17-13)9-11(10)12(4-5-16)15(2)3/h8-9,12,16H,4-7H2,1-3H3. The molecular weight excluding hydrogens is 230 g/mol. The van der Waals surface area contributed by atoms with Crippen molar-refractivity contribution in [3.63, 3.8) is 0 Å². The van der Waals surface area contributed by atoms with E-state index in [4.69, 9.17) is 9.47 Å². The molecule has 18 heavy (non-hydrogen) atoms. The number of nitrogens with zero attached hydrogens (tertiary/aromatic N) is 1. The Balaban J connectivity index is 2.36. The molecule has 0 aromatic heterocycles.